The number of likely N-dealkylation sites (tertiary alicyclic amines) is 1. The topological polar surface area (TPSA) is 110 Å². The van der Waals surface area contributed by atoms with Crippen LogP contribution in [0, 0.1) is 6.92 Å². The van der Waals surface area contributed by atoms with E-state index in [-0.39, 0.29) is 18.2 Å². The molecule has 0 spiro atoms. The lowest BCUT2D eigenvalue weighted by molar-refractivity contribution is 0.0291. The van der Waals surface area contributed by atoms with E-state index in [0.29, 0.717) is 44.2 Å². The van der Waals surface area contributed by atoms with Gasteiger partial charge in [0.05, 0.1) is 0 Å². The molecule has 190 valence electrons. The lowest BCUT2D eigenvalue weighted by atomic mass is 10.1. The summed E-state index contributed by atoms with van der Waals surface area (Å²) in [5, 5.41) is 9.89. The Balaban J connectivity index is 1.23. The minimum Gasteiger partial charge on any atom is -0.444 e. The highest BCUT2D eigenvalue weighted by molar-refractivity contribution is 5.74. The molecule has 1 atom stereocenters. The predicted octanol–water partition coefficient (Wildman–Crippen LogP) is 4.44. The maximum Gasteiger partial charge on any atom is 0.410 e. The Labute approximate surface area is 211 Å². The normalized spacial score (nSPS) is 15.6. The number of ether oxygens (including phenoxy) is 1. The summed E-state index contributed by atoms with van der Waals surface area (Å²) in [6, 6.07) is 15.5. The van der Waals surface area contributed by atoms with Gasteiger partial charge in [0.25, 0.3) is 5.89 Å². The number of hydrogen-bond donors (Lipinski definition) is 2. The van der Waals surface area contributed by atoms with E-state index in [1.807, 2.05) is 57.2 Å². The quantitative estimate of drug-likeness (QED) is 0.527. The van der Waals surface area contributed by atoms with Crippen molar-refractivity contribution in [1.29, 1.82) is 0 Å². The molecule has 2 aromatic carbocycles. The van der Waals surface area contributed by atoms with Gasteiger partial charge in [-0.15, -0.1) is 0 Å². The lowest BCUT2D eigenvalue weighted by Gasteiger charge is -2.24. The summed E-state index contributed by atoms with van der Waals surface area (Å²) in [6.45, 7) is 8.93. The zero-order valence-electron chi connectivity index (χ0n) is 21.2. The molecule has 0 bridgehead atoms. The fourth-order valence-corrected chi connectivity index (χ4v) is 4.00. The molecular weight excluding hydrogens is 458 g/mol. The number of carbonyl (C=O) groups excluding carboxylic acids is 2. The van der Waals surface area contributed by atoms with Crippen LogP contribution >= 0.6 is 0 Å². The van der Waals surface area contributed by atoms with Crippen molar-refractivity contribution in [2.24, 2.45) is 0 Å². The molecule has 1 saturated heterocycles. The van der Waals surface area contributed by atoms with Gasteiger partial charge in [0.1, 0.15) is 5.60 Å². The van der Waals surface area contributed by atoms with Gasteiger partial charge >= 0.3 is 12.1 Å². The molecule has 4 rings (SSSR count). The minimum atomic E-state index is -0.539. The third-order valence-electron chi connectivity index (χ3n) is 5.74. The molecule has 1 unspecified atom stereocenters. The fraction of sp³-hybridized carbons (Fsp3) is 0.407. The van der Waals surface area contributed by atoms with Crippen LogP contribution in [0.5, 0.6) is 0 Å². The van der Waals surface area contributed by atoms with Gasteiger partial charge in [-0.05, 0) is 57.4 Å². The van der Waals surface area contributed by atoms with Gasteiger partial charge in [0.15, 0.2) is 5.82 Å². The van der Waals surface area contributed by atoms with E-state index in [2.05, 4.69) is 39.8 Å². The van der Waals surface area contributed by atoms with Gasteiger partial charge in [-0.1, -0.05) is 47.1 Å². The first-order chi connectivity index (χ1) is 17.1. The monoisotopic (exact) mass is 491 g/mol. The SMILES string of the molecule is Cc1cccc(Cc2noc(-c3ccc(CNC(=O)NC4CCN(C(=O)OC(C)(C)C)C4)cc3)n2)c1. The second-order valence-corrected chi connectivity index (χ2v) is 10.1. The average Bonchev–Trinajstić information content (AvgIpc) is 3.47. The van der Waals surface area contributed by atoms with E-state index in [0.717, 1.165) is 16.7 Å². The molecular formula is C27H33N5O4. The van der Waals surface area contributed by atoms with E-state index < -0.39 is 5.60 Å². The number of rotatable bonds is 6. The van der Waals surface area contributed by atoms with Crippen LogP contribution < -0.4 is 10.6 Å². The zero-order valence-corrected chi connectivity index (χ0v) is 21.2. The van der Waals surface area contributed by atoms with E-state index >= 15 is 0 Å². The predicted molar refractivity (Wildman–Crippen MR) is 135 cm³/mol. The van der Waals surface area contributed by atoms with Crippen molar-refractivity contribution in [1.82, 2.24) is 25.7 Å². The largest absolute Gasteiger partial charge is 0.444 e. The van der Waals surface area contributed by atoms with Gasteiger partial charge in [-0.25, -0.2) is 9.59 Å². The third kappa shape index (κ3) is 7.07. The number of amides is 3. The molecule has 0 aliphatic carbocycles. The maximum atomic E-state index is 12.3. The summed E-state index contributed by atoms with van der Waals surface area (Å²) in [7, 11) is 0. The molecule has 9 nitrogen and oxygen atoms in total. The van der Waals surface area contributed by atoms with Crippen molar-refractivity contribution in [2.45, 2.75) is 58.7 Å². The van der Waals surface area contributed by atoms with Crippen molar-refractivity contribution < 1.29 is 18.8 Å². The standard InChI is InChI=1S/C27H33N5O4/c1-18-6-5-7-20(14-18)15-23-30-24(36-31-23)21-10-8-19(9-11-21)16-28-25(33)29-22-12-13-32(17-22)26(34)35-27(2,3)4/h5-11,14,22H,12-13,15-17H2,1-4H3,(H2,28,29,33). The smallest absolute Gasteiger partial charge is 0.410 e. The number of benzene rings is 2. The first kappa shape index (κ1) is 25.2. The van der Waals surface area contributed by atoms with Crippen LogP contribution in [0.2, 0.25) is 0 Å². The lowest BCUT2D eigenvalue weighted by Crippen LogP contribution is -2.44. The number of aryl methyl sites for hydroxylation is 1. The average molecular weight is 492 g/mol. The fourth-order valence-electron chi connectivity index (χ4n) is 4.00. The number of aromatic nitrogens is 2. The van der Waals surface area contributed by atoms with E-state index in [1.54, 1.807) is 4.90 Å². The molecule has 36 heavy (non-hydrogen) atoms. The first-order valence-corrected chi connectivity index (χ1v) is 12.1. The Morgan fingerprint density at radius 3 is 2.64 bits per heavy atom. The van der Waals surface area contributed by atoms with E-state index in [1.165, 1.54) is 5.56 Å². The van der Waals surface area contributed by atoms with Crippen molar-refractivity contribution in [3.63, 3.8) is 0 Å². The van der Waals surface area contributed by atoms with Crippen LogP contribution in [0.15, 0.2) is 53.1 Å². The highest BCUT2D eigenvalue weighted by Gasteiger charge is 2.30. The molecule has 0 saturated carbocycles. The number of nitrogens with zero attached hydrogens (tertiary/aromatic N) is 3. The van der Waals surface area contributed by atoms with Crippen LogP contribution in [-0.2, 0) is 17.7 Å². The Morgan fingerprint density at radius 2 is 1.92 bits per heavy atom. The zero-order chi connectivity index (χ0) is 25.7. The second-order valence-electron chi connectivity index (χ2n) is 10.1. The molecule has 3 amide bonds. The molecule has 1 fully saturated rings. The van der Waals surface area contributed by atoms with E-state index in [4.69, 9.17) is 9.26 Å². The number of carbonyl (C=O) groups is 2. The summed E-state index contributed by atoms with van der Waals surface area (Å²) in [5.41, 5.74) is 3.55. The van der Waals surface area contributed by atoms with Crippen LogP contribution in [0.1, 0.15) is 49.7 Å². The maximum absolute atomic E-state index is 12.3. The minimum absolute atomic E-state index is 0.105. The van der Waals surface area contributed by atoms with Gasteiger partial charge in [-0.2, -0.15) is 4.98 Å². The molecule has 1 aliphatic rings. The number of hydrogen-bond acceptors (Lipinski definition) is 6. The number of urea groups is 1. The highest BCUT2D eigenvalue weighted by atomic mass is 16.6. The molecule has 9 heteroatoms. The van der Waals surface area contributed by atoms with Crippen molar-refractivity contribution in [3.8, 4) is 11.5 Å². The Hall–Kier alpha value is -3.88. The Morgan fingerprint density at radius 1 is 1.14 bits per heavy atom. The second kappa shape index (κ2) is 10.8. The molecule has 2 heterocycles. The summed E-state index contributed by atoms with van der Waals surface area (Å²) in [4.78, 5) is 30.7. The van der Waals surface area contributed by atoms with Gasteiger partial charge in [0, 0.05) is 37.7 Å². The highest BCUT2D eigenvalue weighted by Crippen LogP contribution is 2.19. The Kier molecular flexibility index (Phi) is 7.57. The van der Waals surface area contributed by atoms with Crippen LogP contribution in [0.25, 0.3) is 11.5 Å². The van der Waals surface area contributed by atoms with Crippen LogP contribution in [0.4, 0.5) is 9.59 Å². The summed E-state index contributed by atoms with van der Waals surface area (Å²) in [6.07, 6.45) is 0.951. The van der Waals surface area contributed by atoms with Gasteiger partial charge in [-0.3, -0.25) is 0 Å². The third-order valence-corrected chi connectivity index (χ3v) is 5.74. The molecule has 1 aromatic heterocycles. The molecule has 0 radical (unpaired) electrons. The van der Waals surface area contributed by atoms with Crippen molar-refractivity contribution in [2.75, 3.05) is 13.1 Å². The summed E-state index contributed by atoms with van der Waals surface area (Å²) < 4.78 is 10.8. The molecule has 3 aromatic rings. The first-order valence-electron chi connectivity index (χ1n) is 12.1. The van der Waals surface area contributed by atoms with Gasteiger partial charge in [0.2, 0.25) is 0 Å². The summed E-state index contributed by atoms with van der Waals surface area (Å²) in [5.74, 6) is 1.10. The van der Waals surface area contributed by atoms with Gasteiger partial charge < -0.3 is 24.8 Å². The molecule has 1 aliphatic heterocycles. The Bertz CT molecular complexity index is 1200. The van der Waals surface area contributed by atoms with Crippen molar-refractivity contribution >= 4 is 12.1 Å². The van der Waals surface area contributed by atoms with Crippen LogP contribution in [-0.4, -0.2) is 51.9 Å². The molecule has 2 N–H and O–H groups in total. The number of nitrogens with one attached hydrogen (secondary N) is 2. The van der Waals surface area contributed by atoms with Crippen LogP contribution in [0.3, 0.4) is 0 Å². The van der Waals surface area contributed by atoms with E-state index in [9.17, 15) is 9.59 Å². The summed E-state index contributed by atoms with van der Waals surface area (Å²) >= 11 is 0. The van der Waals surface area contributed by atoms with Crippen molar-refractivity contribution in [3.05, 3.63) is 71.0 Å².